The van der Waals surface area contributed by atoms with Crippen LogP contribution in [0.3, 0.4) is 0 Å². The van der Waals surface area contributed by atoms with E-state index in [1.165, 1.54) is 15.6 Å². The Kier molecular flexibility index (Phi) is 7.06. The fourth-order valence-electron chi connectivity index (χ4n) is 3.09. The van der Waals surface area contributed by atoms with E-state index in [-0.39, 0.29) is 29.6 Å². The van der Waals surface area contributed by atoms with Gasteiger partial charge < -0.3 is 15.0 Å². The van der Waals surface area contributed by atoms with E-state index in [1.54, 1.807) is 29.5 Å². The number of rotatable bonds is 8. The monoisotopic (exact) mass is 423 g/mol. The van der Waals surface area contributed by atoms with Gasteiger partial charge in [0.1, 0.15) is 9.96 Å². The number of amides is 1. The van der Waals surface area contributed by atoms with Crippen molar-refractivity contribution in [1.82, 2.24) is 14.5 Å². The lowest BCUT2D eigenvalue weighted by Gasteiger charge is -2.28. The molecule has 0 aliphatic carbocycles. The average molecular weight is 424 g/mol. The molecular formula is C19H25N3O4S2. The summed E-state index contributed by atoms with van der Waals surface area (Å²) in [6.45, 7) is 3.19. The number of carbonyl (C=O) groups excluding carboxylic acids is 1. The van der Waals surface area contributed by atoms with Gasteiger partial charge in [-0.25, -0.2) is 8.42 Å². The fourth-order valence-corrected chi connectivity index (χ4v) is 5.66. The topological polar surface area (TPSA) is 79.0 Å². The van der Waals surface area contributed by atoms with Crippen LogP contribution in [0.25, 0.3) is 0 Å². The predicted octanol–water partition coefficient (Wildman–Crippen LogP) is 1.77. The first-order valence-electron chi connectivity index (χ1n) is 9.16. The smallest absolute Gasteiger partial charge is 0.252 e. The summed E-state index contributed by atoms with van der Waals surface area (Å²) in [7, 11) is -2.10. The number of hydrogen-bond acceptors (Lipinski definition) is 6. The van der Waals surface area contributed by atoms with Crippen LogP contribution in [0.4, 0.5) is 0 Å². The number of hydrogen-bond donors (Lipinski definition) is 1. The van der Waals surface area contributed by atoms with Crippen LogP contribution in [0.15, 0.2) is 46.0 Å². The van der Waals surface area contributed by atoms with Crippen LogP contribution in [0.2, 0.25) is 0 Å². The Morgan fingerprint density at radius 2 is 2.04 bits per heavy atom. The molecule has 1 N–H and O–H groups in total. The third-order valence-corrected chi connectivity index (χ3v) is 7.85. The van der Waals surface area contributed by atoms with Gasteiger partial charge >= 0.3 is 0 Å². The van der Waals surface area contributed by atoms with Crippen molar-refractivity contribution in [2.75, 3.05) is 39.8 Å². The molecular weight excluding hydrogens is 398 g/mol. The lowest BCUT2D eigenvalue weighted by molar-refractivity contribution is -0.131. The van der Waals surface area contributed by atoms with Crippen molar-refractivity contribution in [3.05, 3.63) is 47.3 Å². The second-order valence-corrected chi connectivity index (χ2v) is 9.62. The Morgan fingerprint density at radius 3 is 2.71 bits per heavy atom. The van der Waals surface area contributed by atoms with E-state index in [9.17, 15) is 13.2 Å². The average Bonchev–Trinajstić information content (AvgIpc) is 3.27. The molecule has 0 radical (unpaired) electrons. The van der Waals surface area contributed by atoms with E-state index in [1.807, 2.05) is 24.3 Å². The summed E-state index contributed by atoms with van der Waals surface area (Å²) in [5.41, 5.74) is 0.814. The summed E-state index contributed by atoms with van der Waals surface area (Å²) in [6, 6.07) is 10.6. The first-order valence-corrected chi connectivity index (χ1v) is 11.5. The molecule has 1 fully saturated rings. The Balaban J connectivity index is 1.77. The molecule has 3 rings (SSSR count). The number of carbonyl (C=O) groups is 1. The lowest BCUT2D eigenvalue weighted by Crippen LogP contribution is -2.47. The maximum Gasteiger partial charge on any atom is 0.252 e. The van der Waals surface area contributed by atoms with Crippen LogP contribution in [-0.4, -0.2) is 63.4 Å². The zero-order valence-corrected chi connectivity index (χ0v) is 17.5. The van der Waals surface area contributed by atoms with Crippen molar-refractivity contribution in [3.8, 4) is 5.75 Å². The zero-order chi connectivity index (χ0) is 20.0. The molecule has 152 valence electrons. The van der Waals surface area contributed by atoms with Gasteiger partial charge in [0.15, 0.2) is 0 Å². The number of sulfonamides is 1. The SMILES string of the molecule is COc1cccc(CN(CCC(=O)N2CCNCC2)S(=O)(=O)c2cccs2)c1. The van der Waals surface area contributed by atoms with Gasteiger partial charge in [-0.1, -0.05) is 18.2 Å². The van der Waals surface area contributed by atoms with Gasteiger partial charge in [-0.15, -0.1) is 11.3 Å². The van der Waals surface area contributed by atoms with Crippen molar-refractivity contribution < 1.29 is 17.9 Å². The zero-order valence-electron chi connectivity index (χ0n) is 15.8. The molecule has 0 atom stereocenters. The van der Waals surface area contributed by atoms with Crippen LogP contribution >= 0.6 is 11.3 Å². The molecule has 1 aliphatic rings. The maximum absolute atomic E-state index is 13.1. The number of nitrogens with one attached hydrogen (secondary N) is 1. The molecule has 1 amide bonds. The van der Waals surface area contributed by atoms with Gasteiger partial charge in [0.25, 0.3) is 10.0 Å². The summed E-state index contributed by atoms with van der Waals surface area (Å²) in [6.07, 6.45) is 0.161. The Labute approximate surface area is 170 Å². The molecule has 1 saturated heterocycles. The lowest BCUT2D eigenvalue weighted by atomic mass is 10.2. The molecule has 2 heterocycles. The minimum atomic E-state index is -3.67. The van der Waals surface area contributed by atoms with Crippen LogP contribution in [0.1, 0.15) is 12.0 Å². The van der Waals surface area contributed by atoms with Gasteiger partial charge in [0.2, 0.25) is 5.91 Å². The van der Waals surface area contributed by atoms with Gasteiger partial charge in [0.05, 0.1) is 7.11 Å². The molecule has 0 saturated carbocycles. The highest BCUT2D eigenvalue weighted by Gasteiger charge is 2.27. The highest BCUT2D eigenvalue weighted by Crippen LogP contribution is 2.24. The second-order valence-electron chi connectivity index (χ2n) is 6.50. The normalized spacial score (nSPS) is 15.0. The molecule has 28 heavy (non-hydrogen) atoms. The third kappa shape index (κ3) is 5.11. The molecule has 2 aromatic rings. The maximum atomic E-state index is 13.1. The van der Waals surface area contributed by atoms with E-state index in [0.717, 1.165) is 18.7 Å². The van der Waals surface area contributed by atoms with Gasteiger partial charge in [-0.05, 0) is 29.1 Å². The van der Waals surface area contributed by atoms with Crippen LogP contribution in [0.5, 0.6) is 5.75 Å². The van der Waals surface area contributed by atoms with Crippen molar-refractivity contribution in [2.24, 2.45) is 0 Å². The van der Waals surface area contributed by atoms with Crippen LogP contribution < -0.4 is 10.1 Å². The number of nitrogens with zero attached hydrogens (tertiary/aromatic N) is 2. The minimum absolute atomic E-state index is 0.0153. The van der Waals surface area contributed by atoms with E-state index in [2.05, 4.69) is 5.32 Å². The largest absolute Gasteiger partial charge is 0.497 e. The van der Waals surface area contributed by atoms with Crippen molar-refractivity contribution >= 4 is 27.3 Å². The number of thiophene rings is 1. The highest BCUT2D eigenvalue weighted by molar-refractivity contribution is 7.91. The summed E-state index contributed by atoms with van der Waals surface area (Å²) in [4.78, 5) is 14.3. The summed E-state index contributed by atoms with van der Waals surface area (Å²) in [5.74, 6) is 0.654. The fraction of sp³-hybridized carbons (Fsp3) is 0.421. The molecule has 0 bridgehead atoms. The number of methoxy groups -OCH3 is 1. The van der Waals surface area contributed by atoms with Crippen molar-refractivity contribution in [2.45, 2.75) is 17.2 Å². The Bertz CT molecular complexity index is 878. The Hall–Kier alpha value is -1.94. The summed E-state index contributed by atoms with van der Waals surface area (Å²) >= 11 is 1.18. The Morgan fingerprint density at radius 1 is 1.25 bits per heavy atom. The van der Waals surface area contributed by atoms with Crippen LogP contribution in [0, 0.1) is 0 Å². The van der Waals surface area contributed by atoms with E-state index < -0.39 is 10.0 Å². The number of ether oxygens (including phenoxy) is 1. The third-order valence-electron chi connectivity index (χ3n) is 4.63. The standard InChI is InChI=1S/C19H25N3O4S2/c1-26-17-5-2-4-16(14-17)15-22(28(24,25)19-6-3-13-27-19)10-7-18(23)21-11-8-20-9-12-21/h2-6,13-14,20H,7-12,15H2,1H3. The first kappa shape index (κ1) is 20.8. The highest BCUT2D eigenvalue weighted by atomic mass is 32.2. The summed E-state index contributed by atoms with van der Waals surface area (Å²) < 4.78 is 33.1. The van der Waals surface area contributed by atoms with Crippen molar-refractivity contribution in [1.29, 1.82) is 0 Å². The van der Waals surface area contributed by atoms with Crippen LogP contribution in [-0.2, 0) is 21.4 Å². The molecule has 7 nitrogen and oxygen atoms in total. The molecule has 1 aliphatic heterocycles. The molecule has 9 heteroatoms. The molecule has 1 aromatic carbocycles. The number of benzene rings is 1. The molecule has 0 spiro atoms. The minimum Gasteiger partial charge on any atom is -0.497 e. The van der Waals surface area contributed by atoms with E-state index in [4.69, 9.17) is 4.74 Å². The first-order chi connectivity index (χ1) is 13.5. The number of piperazine rings is 1. The molecule has 1 aromatic heterocycles. The van der Waals surface area contributed by atoms with E-state index in [0.29, 0.717) is 18.8 Å². The van der Waals surface area contributed by atoms with Gasteiger partial charge in [-0.3, -0.25) is 4.79 Å². The molecule has 0 unspecified atom stereocenters. The van der Waals surface area contributed by atoms with Gasteiger partial charge in [0, 0.05) is 45.7 Å². The summed E-state index contributed by atoms with van der Waals surface area (Å²) in [5, 5.41) is 4.95. The van der Waals surface area contributed by atoms with E-state index >= 15 is 0 Å². The second kappa shape index (κ2) is 9.51. The van der Waals surface area contributed by atoms with Gasteiger partial charge in [-0.2, -0.15) is 4.31 Å². The quantitative estimate of drug-likeness (QED) is 0.700. The van der Waals surface area contributed by atoms with Crippen molar-refractivity contribution in [3.63, 3.8) is 0 Å². The predicted molar refractivity (Wildman–Crippen MR) is 109 cm³/mol.